The van der Waals surface area contributed by atoms with E-state index in [1.54, 1.807) is 0 Å². The smallest absolute Gasteiger partial charge is 0.191 e. The number of nitrogens with zero attached hydrogens (tertiary/aromatic N) is 2. The summed E-state index contributed by atoms with van der Waals surface area (Å²) in [6.07, 6.45) is 0. The molecule has 6 nitrogen and oxygen atoms in total. The number of ether oxygens (including phenoxy) is 1. The molecule has 1 aromatic carbocycles. The molecule has 0 aliphatic rings. The van der Waals surface area contributed by atoms with Crippen LogP contribution in [0.1, 0.15) is 50.6 Å². The zero-order valence-corrected chi connectivity index (χ0v) is 19.6. The number of guanidine groups is 1. The average Bonchev–Trinajstić information content (AvgIpc) is 3.14. The van der Waals surface area contributed by atoms with Gasteiger partial charge in [0, 0.05) is 19.2 Å². The normalized spacial score (nSPS) is 12.5. The Kier molecular flexibility index (Phi) is 11.8. The van der Waals surface area contributed by atoms with Gasteiger partial charge in [0.15, 0.2) is 11.7 Å². The van der Waals surface area contributed by atoms with E-state index in [1.807, 2.05) is 24.3 Å². The molecule has 2 aromatic rings. The minimum atomic E-state index is 0. The van der Waals surface area contributed by atoms with Crippen LogP contribution in [0.4, 0.5) is 0 Å². The van der Waals surface area contributed by atoms with Crippen molar-refractivity contribution in [3.05, 3.63) is 53.4 Å². The molecular formula is C21H33IN4O2. The lowest BCUT2D eigenvalue weighted by atomic mass is 10.1. The zero-order chi connectivity index (χ0) is 19.5. The van der Waals surface area contributed by atoms with Gasteiger partial charge in [-0.1, -0.05) is 56.3 Å². The maximum absolute atomic E-state index is 5.80. The van der Waals surface area contributed by atoms with Gasteiger partial charge in [-0.3, -0.25) is 0 Å². The van der Waals surface area contributed by atoms with Crippen LogP contribution < -0.4 is 10.6 Å². The number of rotatable bonds is 10. The average molecular weight is 500 g/mol. The number of nitrogens with one attached hydrogen (secondary N) is 2. The lowest BCUT2D eigenvalue weighted by molar-refractivity contribution is 0.0931. The Balaban J connectivity index is 0.00000392. The molecule has 7 heteroatoms. The maximum atomic E-state index is 5.80. The molecule has 0 saturated carbocycles. The highest BCUT2D eigenvalue weighted by Crippen LogP contribution is 2.14. The van der Waals surface area contributed by atoms with Crippen LogP contribution in [0.3, 0.4) is 0 Å². The van der Waals surface area contributed by atoms with E-state index in [2.05, 4.69) is 60.6 Å². The molecule has 0 fully saturated rings. The van der Waals surface area contributed by atoms with Crippen molar-refractivity contribution in [2.24, 2.45) is 10.9 Å². The van der Waals surface area contributed by atoms with Crippen molar-refractivity contribution < 1.29 is 9.26 Å². The maximum Gasteiger partial charge on any atom is 0.191 e. The number of benzene rings is 1. The summed E-state index contributed by atoms with van der Waals surface area (Å²) in [5, 5.41) is 10.7. The van der Waals surface area contributed by atoms with Crippen molar-refractivity contribution >= 4 is 29.9 Å². The van der Waals surface area contributed by atoms with Crippen LogP contribution in [0.25, 0.3) is 0 Å². The van der Waals surface area contributed by atoms with Crippen molar-refractivity contribution in [3.63, 3.8) is 0 Å². The summed E-state index contributed by atoms with van der Waals surface area (Å²) < 4.78 is 11.1. The van der Waals surface area contributed by atoms with Gasteiger partial charge in [0.1, 0.15) is 6.54 Å². The molecule has 1 heterocycles. The quantitative estimate of drug-likeness (QED) is 0.289. The van der Waals surface area contributed by atoms with Crippen molar-refractivity contribution in [3.8, 4) is 0 Å². The molecule has 0 saturated heterocycles. The first-order valence-electron chi connectivity index (χ1n) is 9.67. The van der Waals surface area contributed by atoms with Crippen LogP contribution in [0, 0.1) is 5.92 Å². The van der Waals surface area contributed by atoms with Gasteiger partial charge in [-0.25, -0.2) is 4.99 Å². The van der Waals surface area contributed by atoms with Crippen molar-refractivity contribution in [2.45, 2.75) is 46.8 Å². The van der Waals surface area contributed by atoms with Gasteiger partial charge in [0.05, 0.1) is 18.9 Å². The number of hydrogen-bond donors (Lipinski definition) is 2. The Labute approximate surface area is 185 Å². The third-order valence-corrected chi connectivity index (χ3v) is 4.04. The van der Waals surface area contributed by atoms with E-state index in [9.17, 15) is 0 Å². The largest absolute Gasteiger partial charge is 0.376 e. The molecule has 1 atom stereocenters. The predicted octanol–water partition coefficient (Wildman–Crippen LogP) is 4.32. The molecule has 0 amide bonds. The van der Waals surface area contributed by atoms with Crippen LogP contribution in [-0.2, 0) is 17.9 Å². The highest BCUT2D eigenvalue weighted by atomic mass is 127. The van der Waals surface area contributed by atoms with E-state index in [-0.39, 0.29) is 24.0 Å². The molecule has 1 aromatic heterocycles. The van der Waals surface area contributed by atoms with Gasteiger partial charge < -0.3 is 19.9 Å². The first kappa shape index (κ1) is 24.4. The molecule has 0 radical (unpaired) electrons. The van der Waals surface area contributed by atoms with Crippen LogP contribution in [0.2, 0.25) is 0 Å². The summed E-state index contributed by atoms with van der Waals surface area (Å²) >= 11 is 0. The molecule has 0 spiro atoms. The number of halogens is 1. The van der Waals surface area contributed by atoms with Crippen LogP contribution in [-0.4, -0.2) is 30.8 Å². The second kappa shape index (κ2) is 13.5. The summed E-state index contributed by atoms with van der Waals surface area (Å²) in [6.45, 7) is 11.8. The summed E-state index contributed by atoms with van der Waals surface area (Å²) in [5.41, 5.74) is 2.16. The predicted molar refractivity (Wildman–Crippen MR) is 124 cm³/mol. The second-order valence-corrected chi connectivity index (χ2v) is 7.05. The van der Waals surface area contributed by atoms with Gasteiger partial charge in [0.25, 0.3) is 0 Å². The summed E-state index contributed by atoms with van der Waals surface area (Å²) in [7, 11) is 0. The first-order valence-corrected chi connectivity index (χ1v) is 9.67. The van der Waals surface area contributed by atoms with Crippen LogP contribution in [0.15, 0.2) is 45.9 Å². The van der Waals surface area contributed by atoms with Crippen molar-refractivity contribution in [1.82, 2.24) is 15.8 Å². The zero-order valence-electron chi connectivity index (χ0n) is 17.3. The number of hydrogen-bond acceptors (Lipinski definition) is 4. The Bertz CT molecular complexity index is 689. The SMILES string of the molecule is CCNC(=NCc1cc(C(C)C)no1)NCC(C)COCc1ccccc1.I. The van der Waals surface area contributed by atoms with E-state index >= 15 is 0 Å². The number of aliphatic imine (C=N–C) groups is 1. The van der Waals surface area contributed by atoms with Gasteiger partial charge in [0.2, 0.25) is 0 Å². The van der Waals surface area contributed by atoms with E-state index < -0.39 is 0 Å². The van der Waals surface area contributed by atoms with Gasteiger partial charge in [-0.05, 0) is 24.3 Å². The van der Waals surface area contributed by atoms with Gasteiger partial charge in [-0.2, -0.15) is 0 Å². The Morgan fingerprint density at radius 1 is 1.18 bits per heavy atom. The minimum Gasteiger partial charge on any atom is -0.376 e. The Morgan fingerprint density at radius 3 is 2.57 bits per heavy atom. The third kappa shape index (κ3) is 9.05. The molecule has 2 rings (SSSR count). The highest BCUT2D eigenvalue weighted by Gasteiger charge is 2.08. The van der Waals surface area contributed by atoms with E-state index in [0.29, 0.717) is 31.6 Å². The first-order chi connectivity index (χ1) is 13.1. The fourth-order valence-corrected chi connectivity index (χ4v) is 2.46. The fourth-order valence-electron chi connectivity index (χ4n) is 2.46. The molecular weight excluding hydrogens is 467 g/mol. The standard InChI is InChI=1S/C21H32N4O2.HI/c1-5-22-21(24-13-19-11-20(16(2)3)25-27-19)23-12-17(4)14-26-15-18-9-7-6-8-10-18;/h6-11,16-17H,5,12-15H2,1-4H3,(H2,22,23,24);1H. The Morgan fingerprint density at radius 2 is 1.93 bits per heavy atom. The van der Waals surface area contributed by atoms with Gasteiger partial charge >= 0.3 is 0 Å². The summed E-state index contributed by atoms with van der Waals surface area (Å²) in [5.74, 6) is 2.27. The minimum absolute atomic E-state index is 0. The van der Waals surface area contributed by atoms with E-state index in [0.717, 1.165) is 30.5 Å². The molecule has 1 unspecified atom stereocenters. The molecule has 28 heavy (non-hydrogen) atoms. The van der Waals surface area contributed by atoms with Crippen LogP contribution >= 0.6 is 24.0 Å². The molecule has 156 valence electrons. The lowest BCUT2D eigenvalue weighted by Crippen LogP contribution is -2.40. The monoisotopic (exact) mass is 500 g/mol. The summed E-state index contributed by atoms with van der Waals surface area (Å²) in [4.78, 5) is 4.58. The van der Waals surface area contributed by atoms with E-state index in [1.165, 1.54) is 5.56 Å². The molecule has 0 aliphatic carbocycles. The van der Waals surface area contributed by atoms with Crippen molar-refractivity contribution in [1.29, 1.82) is 0 Å². The van der Waals surface area contributed by atoms with Gasteiger partial charge in [-0.15, -0.1) is 24.0 Å². The summed E-state index contributed by atoms with van der Waals surface area (Å²) in [6, 6.07) is 12.2. The topological polar surface area (TPSA) is 71.7 Å². The van der Waals surface area contributed by atoms with Crippen molar-refractivity contribution in [2.75, 3.05) is 19.7 Å². The highest BCUT2D eigenvalue weighted by molar-refractivity contribution is 14.0. The molecule has 0 aliphatic heterocycles. The Hall–Kier alpha value is -1.61. The van der Waals surface area contributed by atoms with Crippen LogP contribution in [0.5, 0.6) is 0 Å². The molecule has 0 bridgehead atoms. The third-order valence-electron chi connectivity index (χ3n) is 4.04. The molecule has 2 N–H and O–H groups in total. The van der Waals surface area contributed by atoms with E-state index in [4.69, 9.17) is 9.26 Å². The lowest BCUT2D eigenvalue weighted by Gasteiger charge is -2.16. The second-order valence-electron chi connectivity index (χ2n) is 7.05. The fraction of sp³-hybridized carbons (Fsp3) is 0.524. The number of aromatic nitrogens is 1.